The summed E-state index contributed by atoms with van der Waals surface area (Å²) in [7, 11) is 2.94. The Morgan fingerprint density at radius 2 is 2.27 bits per heavy atom. The summed E-state index contributed by atoms with van der Waals surface area (Å²) < 4.78 is 38.9. The van der Waals surface area contributed by atoms with Gasteiger partial charge in [-0.2, -0.15) is 0 Å². The van der Waals surface area contributed by atoms with Gasteiger partial charge < -0.3 is 14.4 Å². The van der Waals surface area contributed by atoms with Crippen LogP contribution in [0.4, 0.5) is 4.39 Å². The van der Waals surface area contributed by atoms with Gasteiger partial charge in [0.25, 0.3) is 0 Å². The lowest BCUT2D eigenvalue weighted by molar-refractivity contribution is -0.0131. The Balaban J connectivity index is 2.68. The van der Waals surface area contributed by atoms with Crippen molar-refractivity contribution in [3.63, 3.8) is 0 Å². The first-order chi connectivity index (χ1) is 6.85. The zero-order chi connectivity index (χ0) is 11.6. The average Bonchev–Trinajstić information content (AvgIpc) is 2.32. The van der Waals surface area contributed by atoms with Crippen molar-refractivity contribution in [2.75, 3.05) is 20.4 Å². The molecule has 1 rings (SSSR count). The van der Waals surface area contributed by atoms with Crippen LogP contribution in [0.1, 0.15) is 0 Å². The summed E-state index contributed by atoms with van der Waals surface area (Å²) in [4.78, 5) is 9.00. The van der Waals surface area contributed by atoms with Gasteiger partial charge in [0.2, 0.25) is 0 Å². The predicted octanol–water partition coefficient (Wildman–Crippen LogP) is 0.0647. The monoisotopic (exact) mass is 238 g/mol. The fraction of sp³-hybridized carbons (Fsp3) is 1.00. The molecule has 1 aliphatic heterocycles. The Kier molecular flexibility index (Phi) is 4.32. The van der Waals surface area contributed by atoms with Gasteiger partial charge >= 0.3 is 7.60 Å². The van der Waals surface area contributed by atoms with E-state index in [0.29, 0.717) is 0 Å². The van der Waals surface area contributed by atoms with E-state index in [1.807, 2.05) is 0 Å². The molecule has 0 amide bonds. The van der Waals surface area contributed by atoms with Crippen molar-refractivity contribution in [3.05, 3.63) is 0 Å². The lowest BCUT2D eigenvalue weighted by atomic mass is 9.94. The molecule has 2 radical (unpaired) electrons. The molecule has 0 spiro atoms. The van der Waals surface area contributed by atoms with Gasteiger partial charge in [-0.3, -0.25) is 9.09 Å². The molecule has 8 heteroatoms. The van der Waals surface area contributed by atoms with Gasteiger partial charge in [0, 0.05) is 13.8 Å². The van der Waals surface area contributed by atoms with Crippen molar-refractivity contribution in [1.82, 2.24) is 0 Å². The number of methoxy groups -OCH3 is 1. The second-order valence-corrected chi connectivity index (χ2v) is 5.23. The summed E-state index contributed by atoms with van der Waals surface area (Å²) in [5.74, 6) is 0. The molecule has 5 atom stereocenters. The van der Waals surface area contributed by atoms with E-state index in [1.54, 1.807) is 0 Å². The second kappa shape index (κ2) is 4.93. The lowest BCUT2D eigenvalue weighted by Crippen LogP contribution is -2.33. The minimum absolute atomic E-state index is 0.0544. The average molecular weight is 238 g/mol. The van der Waals surface area contributed by atoms with E-state index < -0.39 is 32.0 Å². The van der Waals surface area contributed by atoms with Crippen LogP contribution >= 0.6 is 7.60 Å². The van der Waals surface area contributed by atoms with Crippen molar-refractivity contribution in [2.45, 2.75) is 24.4 Å². The molecule has 1 saturated heterocycles. The SMILES string of the molecule is [B][C@@H]1O[C@H](COC)C(OP(C)(=O)O)[C@@H]1F. The fourth-order valence-electron chi connectivity index (χ4n) is 1.40. The maximum Gasteiger partial charge on any atom is 0.325 e. The number of halogens is 1. The molecule has 15 heavy (non-hydrogen) atoms. The number of rotatable bonds is 4. The van der Waals surface area contributed by atoms with Crippen LogP contribution in [-0.4, -0.2) is 57.5 Å². The van der Waals surface area contributed by atoms with Crippen molar-refractivity contribution in [3.8, 4) is 0 Å². The smallest absolute Gasteiger partial charge is 0.325 e. The molecule has 1 heterocycles. The Labute approximate surface area is 88.8 Å². The molecule has 0 aromatic rings. The maximum absolute atomic E-state index is 13.4. The van der Waals surface area contributed by atoms with E-state index in [-0.39, 0.29) is 6.61 Å². The topological polar surface area (TPSA) is 65.0 Å². The van der Waals surface area contributed by atoms with Crippen LogP contribution in [0.2, 0.25) is 0 Å². The first-order valence-electron chi connectivity index (χ1n) is 4.38. The summed E-state index contributed by atoms with van der Waals surface area (Å²) in [5, 5.41) is 0. The molecular formula is C7H13BFO5P. The van der Waals surface area contributed by atoms with Gasteiger partial charge in [-0.25, -0.2) is 4.39 Å². The fourth-order valence-corrected chi connectivity index (χ4v) is 2.10. The van der Waals surface area contributed by atoms with E-state index in [0.717, 1.165) is 6.66 Å². The minimum atomic E-state index is -3.77. The Hall–Kier alpha value is 0.0649. The summed E-state index contributed by atoms with van der Waals surface area (Å²) in [6.07, 6.45) is -3.56. The van der Waals surface area contributed by atoms with Gasteiger partial charge in [0.15, 0.2) is 0 Å². The van der Waals surface area contributed by atoms with Crippen LogP contribution in [0.3, 0.4) is 0 Å². The maximum atomic E-state index is 13.4. The second-order valence-electron chi connectivity index (χ2n) is 3.41. The third-order valence-corrected chi connectivity index (χ3v) is 2.61. The van der Waals surface area contributed by atoms with E-state index in [1.165, 1.54) is 7.11 Å². The normalized spacial score (nSPS) is 40.3. The zero-order valence-electron chi connectivity index (χ0n) is 8.50. The quantitative estimate of drug-likeness (QED) is 0.554. The Morgan fingerprint density at radius 1 is 1.67 bits per heavy atom. The molecule has 86 valence electrons. The molecular weight excluding hydrogens is 225 g/mol. The molecule has 2 unspecified atom stereocenters. The van der Waals surface area contributed by atoms with Crippen molar-refractivity contribution in [1.29, 1.82) is 0 Å². The van der Waals surface area contributed by atoms with Crippen molar-refractivity contribution >= 4 is 15.4 Å². The van der Waals surface area contributed by atoms with Crippen molar-refractivity contribution < 1.29 is 27.8 Å². The molecule has 1 aliphatic rings. The largest absolute Gasteiger partial charge is 0.382 e. The van der Waals surface area contributed by atoms with E-state index in [9.17, 15) is 8.96 Å². The van der Waals surface area contributed by atoms with Crippen molar-refractivity contribution in [2.24, 2.45) is 0 Å². The Morgan fingerprint density at radius 3 is 2.73 bits per heavy atom. The van der Waals surface area contributed by atoms with E-state index in [2.05, 4.69) is 0 Å². The van der Waals surface area contributed by atoms with Crippen LogP contribution < -0.4 is 0 Å². The van der Waals surface area contributed by atoms with Gasteiger partial charge in [-0.15, -0.1) is 0 Å². The molecule has 0 aromatic carbocycles. The predicted molar refractivity (Wildman–Crippen MR) is 51.8 cm³/mol. The summed E-state index contributed by atoms with van der Waals surface area (Å²) >= 11 is 0. The first kappa shape index (κ1) is 13.1. The number of hydrogen-bond acceptors (Lipinski definition) is 4. The molecule has 5 nitrogen and oxygen atoms in total. The number of ether oxygens (including phenoxy) is 2. The number of alkyl halides is 1. The van der Waals surface area contributed by atoms with Gasteiger partial charge in [-0.05, 0) is 0 Å². The minimum Gasteiger partial charge on any atom is -0.382 e. The molecule has 0 saturated carbocycles. The van der Waals surface area contributed by atoms with Crippen LogP contribution in [0.5, 0.6) is 0 Å². The van der Waals surface area contributed by atoms with Gasteiger partial charge in [0.1, 0.15) is 26.2 Å². The zero-order valence-corrected chi connectivity index (χ0v) is 9.39. The van der Waals surface area contributed by atoms with Crippen LogP contribution in [-0.2, 0) is 18.6 Å². The van der Waals surface area contributed by atoms with E-state index in [4.69, 9.17) is 26.7 Å². The third kappa shape index (κ3) is 3.54. The van der Waals surface area contributed by atoms with E-state index >= 15 is 0 Å². The molecule has 0 bridgehead atoms. The highest BCUT2D eigenvalue weighted by atomic mass is 31.2. The molecule has 1 N–H and O–H groups in total. The van der Waals surface area contributed by atoms with Crippen LogP contribution in [0.15, 0.2) is 0 Å². The highest BCUT2D eigenvalue weighted by molar-refractivity contribution is 7.51. The highest BCUT2D eigenvalue weighted by Crippen LogP contribution is 2.42. The standard InChI is InChI=1S/C7H13BFO5P/c1-12-3-4-6(14-15(2,10)11)5(9)7(8)13-4/h4-7H,3H2,1-2H3,(H,10,11)/t4-,5+,6?,7-/m1/s1. The summed E-state index contributed by atoms with van der Waals surface area (Å²) in [5.41, 5.74) is 0. The third-order valence-electron chi connectivity index (χ3n) is 1.97. The molecule has 1 fully saturated rings. The van der Waals surface area contributed by atoms with Crippen LogP contribution in [0, 0.1) is 0 Å². The summed E-state index contributed by atoms with van der Waals surface area (Å²) in [6, 6.07) is -1.15. The van der Waals surface area contributed by atoms with Gasteiger partial charge in [-0.1, -0.05) is 0 Å². The van der Waals surface area contributed by atoms with Crippen LogP contribution in [0.25, 0.3) is 0 Å². The molecule has 0 aromatic heterocycles. The summed E-state index contributed by atoms with van der Waals surface area (Å²) in [6.45, 7) is 1.03. The lowest BCUT2D eigenvalue weighted by Gasteiger charge is -2.20. The van der Waals surface area contributed by atoms with Gasteiger partial charge in [0.05, 0.1) is 12.6 Å². The highest BCUT2D eigenvalue weighted by Gasteiger charge is 2.45. The first-order valence-corrected chi connectivity index (χ1v) is 6.40. The Bertz CT molecular complexity index is 260. The molecule has 0 aliphatic carbocycles. The number of hydrogen-bond donors (Lipinski definition) is 1.